The number of aliphatic carboxylic acids is 1. The van der Waals surface area contributed by atoms with Crippen molar-refractivity contribution in [2.24, 2.45) is 0 Å². The first-order valence-corrected chi connectivity index (χ1v) is 7.65. The summed E-state index contributed by atoms with van der Waals surface area (Å²) in [7, 11) is 0. The number of halogens is 1. The molecule has 1 aliphatic rings. The fourth-order valence-corrected chi connectivity index (χ4v) is 2.86. The van der Waals surface area contributed by atoms with Gasteiger partial charge < -0.3 is 14.5 Å². The Hall–Kier alpha value is -2.28. The lowest BCUT2D eigenvalue weighted by Gasteiger charge is -2.30. The van der Waals surface area contributed by atoms with Crippen LogP contribution in [0.3, 0.4) is 0 Å². The minimum Gasteiger partial charge on any atom is -0.481 e. The number of nitrogens with zero attached hydrogens (tertiary/aromatic N) is 3. The maximum Gasteiger partial charge on any atom is 0.304 e. The van der Waals surface area contributed by atoms with Gasteiger partial charge in [0.1, 0.15) is 5.82 Å². The second kappa shape index (κ2) is 6.87. The fraction of sp³-hybridized carbons (Fsp3) is 0.438. The standard InChI is InChI=1S/C16H18FN3O3/c17-13-5-1-3-11(9-13)15-18-16(23-19-15)12-4-2-7-20(10-12)8-6-14(21)22/h1,3,5,9,12H,2,4,6-8,10H2,(H,21,22). The highest BCUT2D eigenvalue weighted by atomic mass is 19.1. The number of aromatic nitrogens is 2. The quantitative estimate of drug-likeness (QED) is 0.912. The summed E-state index contributed by atoms with van der Waals surface area (Å²) < 4.78 is 18.6. The van der Waals surface area contributed by atoms with Crippen molar-refractivity contribution in [3.63, 3.8) is 0 Å². The summed E-state index contributed by atoms with van der Waals surface area (Å²) in [4.78, 5) is 17.2. The molecule has 122 valence electrons. The molecule has 2 heterocycles. The molecule has 1 N–H and O–H groups in total. The number of carboxylic acid groups (broad SMARTS) is 1. The largest absolute Gasteiger partial charge is 0.481 e. The second-order valence-electron chi connectivity index (χ2n) is 5.75. The molecule has 23 heavy (non-hydrogen) atoms. The van der Waals surface area contributed by atoms with Crippen LogP contribution in [0.5, 0.6) is 0 Å². The molecule has 1 aliphatic heterocycles. The first kappa shape index (κ1) is 15.6. The molecule has 1 unspecified atom stereocenters. The zero-order chi connectivity index (χ0) is 16.2. The van der Waals surface area contributed by atoms with Crippen LogP contribution in [0.15, 0.2) is 28.8 Å². The summed E-state index contributed by atoms with van der Waals surface area (Å²) in [6.07, 6.45) is 2.02. The molecule has 1 aromatic heterocycles. The Balaban J connectivity index is 1.68. The number of rotatable bonds is 5. The zero-order valence-electron chi connectivity index (χ0n) is 12.6. The maximum atomic E-state index is 13.3. The van der Waals surface area contributed by atoms with Gasteiger partial charge in [-0.15, -0.1) is 0 Å². The average Bonchev–Trinajstić information content (AvgIpc) is 3.03. The Morgan fingerprint density at radius 2 is 2.35 bits per heavy atom. The van der Waals surface area contributed by atoms with Gasteiger partial charge in [-0.05, 0) is 31.5 Å². The molecule has 6 nitrogen and oxygen atoms in total. The fourth-order valence-electron chi connectivity index (χ4n) is 2.86. The number of hydrogen-bond acceptors (Lipinski definition) is 5. The van der Waals surface area contributed by atoms with E-state index in [1.54, 1.807) is 12.1 Å². The second-order valence-corrected chi connectivity index (χ2v) is 5.75. The highest BCUT2D eigenvalue weighted by molar-refractivity contribution is 5.66. The monoisotopic (exact) mass is 319 g/mol. The van der Waals surface area contributed by atoms with Gasteiger partial charge >= 0.3 is 5.97 Å². The molecule has 3 rings (SSSR count). The Kier molecular flexibility index (Phi) is 4.66. The van der Waals surface area contributed by atoms with Crippen molar-refractivity contribution in [3.05, 3.63) is 36.0 Å². The van der Waals surface area contributed by atoms with E-state index in [-0.39, 0.29) is 18.2 Å². The summed E-state index contributed by atoms with van der Waals surface area (Å²) in [5.74, 6) is -0.136. The number of carboxylic acids is 1. The molecule has 0 spiro atoms. The normalized spacial score (nSPS) is 18.9. The van der Waals surface area contributed by atoms with E-state index >= 15 is 0 Å². The predicted octanol–water partition coefficient (Wildman–Crippen LogP) is 2.53. The number of carbonyl (C=O) groups is 1. The first-order chi connectivity index (χ1) is 11.1. The van der Waals surface area contributed by atoms with Crippen molar-refractivity contribution < 1.29 is 18.8 Å². The van der Waals surface area contributed by atoms with E-state index in [2.05, 4.69) is 15.0 Å². The van der Waals surface area contributed by atoms with Crippen LogP contribution in [0, 0.1) is 5.82 Å². The SMILES string of the molecule is O=C(O)CCN1CCCC(c2nc(-c3cccc(F)c3)no2)C1. The zero-order valence-corrected chi connectivity index (χ0v) is 12.6. The molecule has 1 saturated heterocycles. The van der Waals surface area contributed by atoms with Gasteiger partial charge in [0.05, 0.1) is 12.3 Å². The summed E-state index contributed by atoms with van der Waals surface area (Å²) in [5.41, 5.74) is 0.582. The lowest BCUT2D eigenvalue weighted by molar-refractivity contribution is -0.137. The summed E-state index contributed by atoms with van der Waals surface area (Å²) in [6, 6.07) is 6.08. The third-order valence-electron chi connectivity index (χ3n) is 4.02. The van der Waals surface area contributed by atoms with Crippen LogP contribution < -0.4 is 0 Å². The Bertz CT molecular complexity index is 689. The summed E-state index contributed by atoms with van der Waals surface area (Å²) >= 11 is 0. The van der Waals surface area contributed by atoms with Gasteiger partial charge in [-0.3, -0.25) is 4.79 Å². The molecule has 7 heteroatoms. The van der Waals surface area contributed by atoms with Gasteiger partial charge in [0.25, 0.3) is 0 Å². The van der Waals surface area contributed by atoms with Crippen molar-refractivity contribution in [1.82, 2.24) is 15.0 Å². The molecule has 1 fully saturated rings. The molecule has 1 aromatic carbocycles. The maximum absolute atomic E-state index is 13.3. The van der Waals surface area contributed by atoms with E-state index in [1.807, 2.05) is 0 Å². The van der Waals surface area contributed by atoms with E-state index < -0.39 is 5.97 Å². The van der Waals surface area contributed by atoms with Crippen LogP contribution in [0.25, 0.3) is 11.4 Å². The Morgan fingerprint density at radius 1 is 1.48 bits per heavy atom. The van der Waals surface area contributed by atoms with Crippen molar-refractivity contribution >= 4 is 5.97 Å². The molecular weight excluding hydrogens is 301 g/mol. The highest BCUT2D eigenvalue weighted by Gasteiger charge is 2.26. The van der Waals surface area contributed by atoms with E-state index in [1.165, 1.54) is 12.1 Å². The molecule has 0 radical (unpaired) electrons. The summed E-state index contributed by atoms with van der Waals surface area (Å²) in [5, 5.41) is 12.7. The van der Waals surface area contributed by atoms with Crippen LogP contribution in [0.1, 0.15) is 31.1 Å². The van der Waals surface area contributed by atoms with Crippen molar-refractivity contribution in [1.29, 1.82) is 0 Å². The Labute approximate surface area is 132 Å². The molecule has 0 saturated carbocycles. The molecular formula is C16H18FN3O3. The van der Waals surface area contributed by atoms with Crippen LogP contribution in [-0.4, -0.2) is 45.8 Å². The number of piperidine rings is 1. The van der Waals surface area contributed by atoms with E-state index in [0.29, 0.717) is 30.4 Å². The van der Waals surface area contributed by atoms with Crippen LogP contribution in [0.4, 0.5) is 4.39 Å². The van der Waals surface area contributed by atoms with Crippen molar-refractivity contribution in [2.75, 3.05) is 19.6 Å². The highest BCUT2D eigenvalue weighted by Crippen LogP contribution is 2.27. The van der Waals surface area contributed by atoms with Gasteiger partial charge in [-0.2, -0.15) is 4.98 Å². The van der Waals surface area contributed by atoms with Crippen LogP contribution in [-0.2, 0) is 4.79 Å². The molecule has 0 aliphatic carbocycles. The lowest BCUT2D eigenvalue weighted by Crippen LogP contribution is -2.35. The predicted molar refractivity (Wildman–Crippen MR) is 80.4 cm³/mol. The van der Waals surface area contributed by atoms with E-state index in [9.17, 15) is 9.18 Å². The van der Waals surface area contributed by atoms with Crippen LogP contribution in [0.2, 0.25) is 0 Å². The number of benzene rings is 1. The van der Waals surface area contributed by atoms with Crippen LogP contribution >= 0.6 is 0 Å². The van der Waals surface area contributed by atoms with Gasteiger partial charge in [0.2, 0.25) is 11.7 Å². The first-order valence-electron chi connectivity index (χ1n) is 7.65. The third-order valence-corrected chi connectivity index (χ3v) is 4.02. The van der Waals surface area contributed by atoms with Gasteiger partial charge in [0, 0.05) is 18.7 Å². The van der Waals surface area contributed by atoms with E-state index in [0.717, 1.165) is 19.4 Å². The summed E-state index contributed by atoms with van der Waals surface area (Å²) in [6.45, 7) is 2.11. The third kappa shape index (κ3) is 3.92. The van der Waals surface area contributed by atoms with Crippen molar-refractivity contribution in [3.8, 4) is 11.4 Å². The van der Waals surface area contributed by atoms with Crippen molar-refractivity contribution in [2.45, 2.75) is 25.2 Å². The molecule has 1 atom stereocenters. The lowest BCUT2D eigenvalue weighted by atomic mass is 9.98. The molecule has 0 amide bonds. The minimum atomic E-state index is -0.793. The number of hydrogen-bond donors (Lipinski definition) is 1. The number of likely N-dealkylation sites (tertiary alicyclic amines) is 1. The van der Waals surface area contributed by atoms with E-state index in [4.69, 9.17) is 9.63 Å². The Morgan fingerprint density at radius 3 is 3.13 bits per heavy atom. The van der Waals surface area contributed by atoms with Gasteiger partial charge in [-0.1, -0.05) is 17.3 Å². The minimum absolute atomic E-state index is 0.0901. The van der Waals surface area contributed by atoms with Gasteiger partial charge in [-0.25, -0.2) is 4.39 Å². The smallest absolute Gasteiger partial charge is 0.304 e. The molecule has 2 aromatic rings. The topological polar surface area (TPSA) is 79.5 Å². The molecule has 0 bridgehead atoms. The average molecular weight is 319 g/mol. The van der Waals surface area contributed by atoms with Gasteiger partial charge in [0.15, 0.2) is 0 Å².